The van der Waals surface area contributed by atoms with Crippen LogP contribution < -0.4 is 19.7 Å². The summed E-state index contributed by atoms with van der Waals surface area (Å²) in [5, 5.41) is 21.6. The van der Waals surface area contributed by atoms with Gasteiger partial charge in [-0.3, -0.25) is 0 Å². The maximum absolute atomic E-state index is 12.1. The third kappa shape index (κ3) is 6.34. The van der Waals surface area contributed by atoms with Crippen molar-refractivity contribution in [2.45, 2.75) is 32.7 Å². The number of nitrogens with zero attached hydrogens (tertiary/aromatic N) is 5. The molecular weight excluding hydrogens is 448 g/mol. The first-order valence-corrected chi connectivity index (χ1v) is 11.3. The molecule has 1 atom stereocenters. The first kappa shape index (κ1) is 25.7. The maximum atomic E-state index is 12.1. The minimum Gasteiger partial charge on any atom is -0.496 e. The van der Waals surface area contributed by atoms with Crippen LogP contribution in [0.2, 0.25) is 0 Å². The van der Waals surface area contributed by atoms with Gasteiger partial charge in [-0.2, -0.15) is 10.1 Å². The van der Waals surface area contributed by atoms with Crippen LogP contribution in [0.15, 0.2) is 36.5 Å². The summed E-state index contributed by atoms with van der Waals surface area (Å²) in [6.45, 7) is 4.18. The third-order valence-electron chi connectivity index (χ3n) is 5.31. The van der Waals surface area contributed by atoms with E-state index in [1.165, 1.54) is 0 Å². The molecule has 10 heteroatoms. The quantitative estimate of drug-likeness (QED) is 0.422. The van der Waals surface area contributed by atoms with Gasteiger partial charge < -0.3 is 24.8 Å². The number of ether oxygens (including phenoxy) is 2. The molecule has 0 amide bonds. The molecule has 2 N–H and O–H groups in total. The molecule has 0 bridgehead atoms. The van der Waals surface area contributed by atoms with Crippen LogP contribution in [0.5, 0.6) is 11.5 Å². The van der Waals surface area contributed by atoms with E-state index in [1.807, 2.05) is 32.3 Å². The predicted molar refractivity (Wildman–Crippen MR) is 134 cm³/mol. The second-order valence-electron chi connectivity index (χ2n) is 8.72. The lowest BCUT2D eigenvalue weighted by atomic mass is 10.0. The van der Waals surface area contributed by atoms with Crippen LogP contribution in [0.4, 0.5) is 11.8 Å². The van der Waals surface area contributed by atoms with Crippen molar-refractivity contribution in [3.8, 4) is 22.8 Å². The molecule has 10 nitrogen and oxygen atoms in total. The third-order valence-corrected chi connectivity index (χ3v) is 5.31. The van der Waals surface area contributed by atoms with E-state index in [2.05, 4.69) is 39.3 Å². The van der Waals surface area contributed by atoms with Crippen LogP contribution >= 0.6 is 0 Å². The Hall–Kier alpha value is -3.95. The normalized spacial score (nSPS) is 11.7. The molecule has 0 aliphatic heterocycles. The Morgan fingerprint density at radius 1 is 1.06 bits per heavy atom. The molecule has 0 fully saturated rings. The Kier molecular flexibility index (Phi) is 8.40. The molecule has 1 aromatic carbocycles. The molecule has 2 aromatic heterocycles. The zero-order valence-electron chi connectivity index (χ0n) is 20.9. The molecule has 3 aromatic rings. The topological polar surface area (TPSA) is 123 Å². The van der Waals surface area contributed by atoms with Gasteiger partial charge in [-0.1, -0.05) is 19.9 Å². The molecule has 2 heterocycles. The number of carboxylic acids is 1. The Labute approximate surface area is 205 Å². The van der Waals surface area contributed by atoms with Crippen molar-refractivity contribution >= 4 is 17.7 Å². The van der Waals surface area contributed by atoms with Crippen LogP contribution in [-0.4, -0.2) is 65.6 Å². The second-order valence-corrected chi connectivity index (χ2v) is 8.72. The highest BCUT2D eigenvalue weighted by Gasteiger charge is 2.22. The van der Waals surface area contributed by atoms with Gasteiger partial charge in [-0.05, 0) is 36.6 Å². The maximum Gasteiger partial charge on any atom is 0.326 e. The summed E-state index contributed by atoms with van der Waals surface area (Å²) < 4.78 is 10.9. The number of carbonyl (C=O) groups is 1. The molecule has 0 spiro atoms. The first-order valence-electron chi connectivity index (χ1n) is 11.3. The Bertz CT molecular complexity index is 1130. The molecule has 0 unspecified atom stereocenters. The molecule has 0 saturated heterocycles. The van der Waals surface area contributed by atoms with Gasteiger partial charge in [0.25, 0.3) is 0 Å². The molecule has 0 radical (unpaired) electrons. The molecule has 0 aliphatic rings. The van der Waals surface area contributed by atoms with Gasteiger partial charge in [0.05, 0.1) is 25.5 Å². The second kappa shape index (κ2) is 11.5. The lowest BCUT2D eigenvalue weighted by Crippen LogP contribution is -2.33. The van der Waals surface area contributed by atoms with E-state index in [-0.39, 0.29) is 6.42 Å². The highest BCUT2D eigenvalue weighted by atomic mass is 16.5. The van der Waals surface area contributed by atoms with Gasteiger partial charge >= 0.3 is 5.97 Å². The molecular formula is C25H32N6O4. The summed E-state index contributed by atoms with van der Waals surface area (Å²) in [4.78, 5) is 22.8. The minimum absolute atomic E-state index is 0.119. The average molecular weight is 481 g/mol. The van der Waals surface area contributed by atoms with Crippen LogP contribution in [0.25, 0.3) is 11.3 Å². The van der Waals surface area contributed by atoms with Gasteiger partial charge in [0.1, 0.15) is 29.1 Å². The SMILES string of the molecule is COc1cccc(OC)c1-c1ccc(C[C@H](Nc2nc(N(C)C)ncc2CC(C)C)C(=O)O)nn1. The largest absolute Gasteiger partial charge is 0.496 e. The van der Waals surface area contributed by atoms with Crippen molar-refractivity contribution in [1.29, 1.82) is 0 Å². The Morgan fingerprint density at radius 2 is 1.74 bits per heavy atom. The summed E-state index contributed by atoms with van der Waals surface area (Å²) >= 11 is 0. The van der Waals surface area contributed by atoms with Crippen molar-refractivity contribution in [2.24, 2.45) is 5.92 Å². The highest BCUT2D eigenvalue weighted by Crippen LogP contribution is 2.36. The smallest absolute Gasteiger partial charge is 0.326 e. The number of nitrogens with one attached hydrogen (secondary N) is 1. The molecule has 0 aliphatic carbocycles. The summed E-state index contributed by atoms with van der Waals surface area (Å²) in [7, 11) is 6.82. The minimum atomic E-state index is -1.01. The number of carboxylic acid groups (broad SMARTS) is 1. The van der Waals surface area contributed by atoms with E-state index >= 15 is 0 Å². The number of rotatable bonds is 11. The van der Waals surface area contributed by atoms with E-state index in [9.17, 15) is 9.90 Å². The molecule has 35 heavy (non-hydrogen) atoms. The summed E-state index contributed by atoms with van der Waals surface area (Å²) in [6, 6.07) is 8.04. The summed E-state index contributed by atoms with van der Waals surface area (Å²) in [5.74, 6) is 1.57. The number of aliphatic carboxylic acids is 1. The number of hydrogen-bond donors (Lipinski definition) is 2. The van der Waals surface area contributed by atoms with Crippen LogP contribution in [-0.2, 0) is 17.6 Å². The fraction of sp³-hybridized carbons (Fsp3) is 0.400. The van der Waals surface area contributed by atoms with Crippen LogP contribution in [0.3, 0.4) is 0 Å². The van der Waals surface area contributed by atoms with Gasteiger partial charge in [-0.25, -0.2) is 9.78 Å². The zero-order valence-corrected chi connectivity index (χ0v) is 20.9. The Morgan fingerprint density at radius 3 is 2.26 bits per heavy atom. The van der Waals surface area contributed by atoms with E-state index < -0.39 is 12.0 Å². The number of anilines is 2. The van der Waals surface area contributed by atoms with Crippen molar-refractivity contribution in [3.05, 3.63) is 47.8 Å². The average Bonchev–Trinajstić information content (AvgIpc) is 2.84. The first-order chi connectivity index (χ1) is 16.7. The van der Waals surface area contributed by atoms with Crippen molar-refractivity contribution in [1.82, 2.24) is 20.2 Å². The van der Waals surface area contributed by atoms with E-state index in [4.69, 9.17) is 9.47 Å². The standard InChI is InChI=1S/C25H32N6O4/c1-15(2)12-16-14-26-25(31(3)4)28-23(16)27-19(24(32)33)13-17-10-11-18(30-29-17)22-20(34-5)8-7-9-21(22)35-6/h7-11,14-15,19H,12-13H2,1-6H3,(H,32,33)(H,26,27,28)/t19-/m0/s1. The van der Waals surface area contributed by atoms with Gasteiger partial charge in [0.15, 0.2) is 0 Å². The van der Waals surface area contributed by atoms with Crippen molar-refractivity contribution < 1.29 is 19.4 Å². The lowest BCUT2D eigenvalue weighted by Gasteiger charge is -2.20. The van der Waals surface area contributed by atoms with E-state index in [1.54, 1.807) is 37.4 Å². The summed E-state index contributed by atoms with van der Waals surface area (Å²) in [5.41, 5.74) is 2.63. The number of benzene rings is 1. The molecule has 0 saturated carbocycles. The number of methoxy groups -OCH3 is 2. The monoisotopic (exact) mass is 480 g/mol. The van der Waals surface area contributed by atoms with Gasteiger partial charge in [-0.15, -0.1) is 5.10 Å². The lowest BCUT2D eigenvalue weighted by molar-refractivity contribution is -0.137. The van der Waals surface area contributed by atoms with Gasteiger partial charge in [0, 0.05) is 32.3 Å². The summed E-state index contributed by atoms with van der Waals surface area (Å²) in [6.07, 6.45) is 2.59. The van der Waals surface area contributed by atoms with E-state index in [0.29, 0.717) is 46.1 Å². The zero-order chi connectivity index (χ0) is 25.5. The molecule has 186 valence electrons. The van der Waals surface area contributed by atoms with Gasteiger partial charge in [0.2, 0.25) is 5.95 Å². The van der Waals surface area contributed by atoms with E-state index in [0.717, 1.165) is 12.0 Å². The Balaban J connectivity index is 1.87. The number of aromatic nitrogens is 4. The van der Waals surface area contributed by atoms with Crippen molar-refractivity contribution in [3.63, 3.8) is 0 Å². The molecule has 3 rings (SSSR count). The highest BCUT2D eigenvalue weighted by molar-refractivity contribution is 5.78. The number of hydrogen-bond acceptors (Lipinski definition) is 9. The van der Waals surface area contributed by atoms with Crippen molar-refractivity contribution in [2.75, 3.05) is 38.5 Å². The van der Waals surface area contributed by atoms with Crippen LogP contribution in [0.1, 0.15) is 25.1 Å². The fourth-order valence-corrected chi connectivity index (χ4v) is 3.61. The predicted octanol–water partition coefficient (Wildman–Crippen LogP) is 3.32. The fourth-order valence-electron chi connectivity index (χ4n) is 3.61. The van der Waals surface area contributed by atoms with Crippen LogP contribution in [0, 0.1) is 5.92 Å².